The van der Waals surface area contributed by atoms with Crippen LogP contribution in [0.4, 0.5) is 0 Å². The van der Waals surface area contributed by atoms with E-state index in [9.17, 15) is 9.90 Å². The molecule has 0 aliphatic heterocycles. The SMILES string of the molecule is COC(=O)C(O)CC1=CCCCC1. The highest BCUT2D eigenvalue weighted by Gasteiger charge is 2.17. The minimum Gasteiger partial charge on any atom is -0.467 e. The van der Waals surface area contributed by atoms with Gasteiger partial charge in [0, 0.05) is 6.42 Å². The fourth-order valence-electron chi connectivity index (χ4n) is 1.56. The molecule has 0 heterocycles. The molecule has 0 saturated heterocycles. The summed E-state index contributed by atoms with van der Waals surface area (Å²) in [5.41, 5.74) is 1.18. The van der Waals surface area contributed by atoms with Gasteiger partial charge >= 0.3 is 5.97 Å². The zero-order chi connectivity index (χ0) is 9.68. The lowest BCUT2D eigenvalue weighted by Gasteiger charge is -2.14. The van der Waals surface area contributed by atoms with Crippen LogP contribution in [0.15, 0.2) is 11.6 Å². The number of carbonyl (C=O) groups excluding carboxylic acids is 1. The summed E-state index contributed by atoms with van der Waals surface area (Å²) in [6.45, 7) is 0. The highest BCUT2D eigenvalue weighted by molar-refractivity contribution is 5.74. The highest BCUT2D eigenvalue weighted by Crippen LogP contribution is 2.21. The molecule has 3 nitrogen and oxygen atoms in total. The third-order valence-electron chi connectivity index (χ3n) is 2.31. The molecule has 1 atom stereocenters. The van der Waals surface area contributed by atoms with Gasteiger partial charge in [0.2, 0.25) is 0 Å². The summed E-state index contributed by atoms with van der Waals surface area (Å²) in [7, 11) is 1.29. The molecule has 1 unspecified atom stereocenters. The summed E-state index contributed by atoms with van der Waals surface area (Å²) in [6, 6.07) is 0. The van der Waals surface area contributed by atoms with Crippen LogP contribution in [-0.2, 0) is 9.53 Å². The van der Waals surface area contributed by atoms with Crippen LogP contribution in [0.2, 0.25) is 0 Å². The molecule has 0 spiro atoms. The second kappa shape index (κ2) is 5.02. The van der Waals surface area contributed by atoms with Crippen LogP contribution in [0.3, 0.4) is 0 Å². The Balaban J connectivity index is 2.38. The van der Waals surface area contributed by atoms with Crippen LogP contribution >= 0.6 is 0 Å². The smallest absolute Gasteiger partial charge is 0.335 e. The number of carbonyl (C=O) groups is 1. The molecule has 1 rings (SSSR count). The van der Waals surface area contributed by atoms with Crippen molar-refractivity contribution in [3.8, 4) is 0 Å². The Bertz CT molecular complexity index is 208. The molecule has 1 aliphatic rings. The Labute approximate surface area is 78.4 Å². The number of esters is 1. The number of aliphatic hydroxyl groups is 1. The van der Waals surface area contributed by atoms with Crippen LogP contribution < -0.4 is 0 Å². The second-order valence-electron chi connectivity index (χ2n) is 3.35. The Morgan fingerprint density at radius 3 is 3.00 bits per heavy atom. The van der Waals surface area contributed by atoms with Crippen molar-refractivity contribution < 1.29 is 14.6 Å². The van der Waals surface area contributed by atoms with E-state index in [-0.39, 0.29) is 0 Å². The fourth-order valence-corrected chi connectivity index (χ4v) is 1.56. The lowest BCUT2D eigenvalue weighted by Crippen LogP contribution is -2.22. The van der Waals surface area contributed by atoms with Crippen LogP contribution in [0.25, 0.3) is 0 Å². The minimum atomic E-state index is -0.977. The van der Waals surface area contributed by atoms with E-state index in [4.69, 9.17) is 0 Å². The third-order valence-corrected chi connectivity index (χ3v) is 2.31. The van der Waals surface area contributed by atoms with Gasteiger partial charge in [-0.25, -0.2) is 4.79 Å². The number of methoxy groups -OCH3 is 1. The van der Waals surface area contributed by atoms with E-state index in [1.807, 2.05) is 0 Å². The van der Waals surface area contributed by atoms with Gasteiger partial charge in [0.25, 0.3) is 0 Å². The molecule has 0 aromatic carbocycles. The summed E-state index contributed by atoms with van der Waals surface area (Å²) in [5.74, 6) is -0.536. The lowest BCUT2D eigenvalue weighted by atomic mass is 9.95. The number of rotatable bonds is 3. The first-order chi connectivity index (χ1) is 6.24. The molecule has 13 heavy (non-hydrogen) atoms. The Morgan fingerprint density at radius 2 is 2.46 bits per heavy atom. The van der Waals surface area contributed by atoms with E-state index in [0.717, 1.165) is 12.8 Å². The van der Waals surface area contributed by atoms with E-state index < -0.39 is 12.1 Å². The van der Waals surface area contributed by atoms with E-state index in [0.29, 0.717) is 6.42 Å². The molecule has 74 valence electrons. The van der Waals surface area contributed by atoms with E-state index in [2.05, 4.69) is 10.8 Å². The first-order valence-electron chi connectivity index (χ1n) is 4.68. The standard InChI is InChI=1S/C10H16O3/c1-13-10(12)9(11)7-8-5-3-2-4-6-8/h5,9,11H,2-4,6-7H2,1H3. The summed E-state index contributed by atoms with van der Waals surface area (Å²) in [6.07, 6.45) is 6.05. The third kappa shape index (κ3) is 3.19. The van der Waals surface area contributed by atoms with Crippen LogP contribution in [-0.4, -0.2) is 24.3 Å². The number of allylic oxidation sites excluding steroid dienone is 1. The fraction of sp³-hybridized carbons (Fsp3) is 0.700. The van der Waals surface area contributed by atoms with Crippen molar-refractivity contribution in [3.05, 3.63) is 11.6 Å². The molecule has 0 aromatic heterocycles. The summed E-state index contributed by atoms with van der Waals surface area (Å²) in [4.78, 5) is 10.9. The molecule has 3 heteroatoms. The molecular weight excluding hydrogens is 168 g/mol. The first-order valence-corrected chi connectivity index (χ1v) is 4.68. The van der Waals surface area contributed by atoms with Crippen molar-refractivity contribution in [1.29, 1.82) is 0 Å². The molecule has 0 saturated carbocycles. The van der Waals surface area contributed by atoms with Gasteiger partial charge in [-0.2, -0.15) is 0 Å². The molecule has 0 fully saturated rings. The van der Waals surface area contributed by atoms with Crippen molar-refractivity contribution in [2.75, 3.05) is 7.11 Å². The van der Waals surface area contributed by atoms with Gasteiger partial charge in [-0.05, 0) is 25.7 Å². The van der Waals surface area contributed by atoms with Gasteiger partial charge in [-0.15, -0.1) is 0 Å². The van der Waals surface area contributed by atoms with Crippen molar-refractivity contribution in [3.63, 3.8) is 0 Å². The maximum absolute atomic E-state index is 10.9. The Morgan fingerprint density at radius 1 is 1.69 bits per heavy atom. The van der Waals surface area contributed by atoms with E-state index >= 15 is 0 Å². The van der Waals surface area contributed by atoms with E-state index in [1.165, 1.54) is 25.5 Å². The number of hydrogen-bond donors (Lipinski definition) is 1. The number of hydrogen-bond acceptors (Lipinski definition) is 3. The maximum atomic E-state index is 10.9. The summed E-state index contributed by atoms with van der Waals surface area (Å²) in [5, 5.41) is 9.35. The van der Waals surface area contributed by atoms with Gasteiger partial charge in [0.1, 0.15) is 0 Å². The number of aliphatic hydroxyl groups excluding tert-OH is 1. The predicted molar refractivity (Wildman–Crippen MR) is 49.2 cm³/mol. The summed E-state index contributed by atoms with van der Waals surface area (Å²) >= 11 is 0. The molecular formula is C10H16O3. The normalized spacial score (nSPS) is 19.1. The predicted octanol–water partition coefficient (Wildman–Crippen LogP) is 1.41. The van der Waals surface area contributed by atoms with Crippen molar-refractivity contribution in [2.45, 2.75) is 38.2 Å². The van der Waals surface area contributed by atoms with Gasteiger partial charge in [-0.3, -0.25) is 0 Å². The van der Waals surface area contributed by atoms with Gasteiger partial charge in [0.05, 0.1) is 7.11 Å². The van der Waals surface area contributed by atoms with Gasteiger partial charge < -0.3 is 9.84 Å². The average molecular weight is 184 g/mol. The topological polar surface area (TPSA) is 46.5 Å². The van der Waals surface area contributed by atoms with Gasteiger partial charge in [0.15, 0.2) is 6.10 Å². The number of ether oxygens (including phenoxy) is 1. The Hall–Kier alpha value is -0.830. The monoisotopic (exact) mass is 184 g/mol. The first kappa shape index (κ1) is 10.3. The average Bonchev–Trinajstić information content (AvgIpc) is 2.18. The van der Waals surface area contributed by atoms with Crippen LogP contribution in [0.5, 0.6) is 0 Å². The van der Waals surface area contributed by atoms with Crippen molar-refractivity contribution in [1.82, 2.24) is 0 Å². The molecule has 0 aromatic rings. The zero-order valence-electron chi connectivity index (χ0n) is 7.95. The molecule has 0 radical (unpaired) electrons. The van der Waals surface area contributed by atoms with Crippen molar-refractivity contribution >= 4 is 5.97 Å². The van der Waals surface area contributed by atoms with Crippen molar-refractivity contribution in [2.24, 2.45) is 0 Å². The van der Waals surface area contributed by atoms with Gasteiger partial charge in [-0.1, -0.05) is 11.6 Å². The van der Waals surface area contributed by atoms with Crippen LogP contribution in [0.1, 0.15) is 32.1 Å². The largest absolute Gasteiger partial charge is 0.467 e. The van der Waals surface area contributed by atoms with Crippen LogP contribution in [0, 0.1) is 0 Å². The summed E-state index contributed by atoms with van der Waals surface area (Å²) < 4.78 is 4.44. The molecule has 0 bridgehead atoms. The Kier molecular flexibility index (Phi) is 3.96. The molecule has 1 aliphatic carbocycles. The highest BCUT2D eigenvalue weighted by atomic mass is 16.5. The zero-order valence-corrected chi connectivity index (χ0v) is 7.95. The van der Waals surface area contributed by atoms with E-state index in [1.54, 1.807) is 0 Å². The molecule has 1 N–H and O–H groups in total. The second-order valence-corrected chi connectivity index (χ2v) is 3.35. The molecule has 0 amide bonds. The maximum Gasteiger partial charge on any atom is 0.335 e. The minimum absolute atomic E-state index is 0.437. The quantitative estimate of drug-likeness (QED) is 0.533. The lowest BCUT2D eigenvalue weighted by molar-refractivity contribution is -0.150.